The minimum Gasteiger partial charge on any atom is -0.398 e. The van der Waals surface area contributed by atoms with Crippen LogP contribution in [0.1, 0.15) is 30.1 Å². The van der Waals surface area contributed by atoms with Crippen LogP contribution in [-0.4, -0.2) is 30.1 Å². The largest absolute Gasteiger partial charge is 0.398 e. The Balaban J connectivity index is 0.00000180. The topological polar surface area (TPSA) is 77.2 Å². The summed E-state index contributed by atoms with van der Waals surface area (Å²) in [6, 6.07) is 1.76. The van der Waals surface area contributed by atoms with E-state index in [1.165, 1.54) is 6.20 Å². The third-order valence-corrected chi connectivity index (χ3v) is 3.43. The van der Waals surface area contributed by atoms with Crippen molar-refractivity contribution in [1.29, 1.82) is 0 Å². The van der Waals surface area contributed by atoms with Crippen LogP contribution in [-0.2, 0) is 4.74 Å². The molecule has 6 heteroatoms. The summed E-state index contributed by atoms with van der Waals surface area (Å²) in [6.45, 7) is 3.58. The molecule has 1 aromatic rings. The predicted molar refractivity (Wildman–Crippen MR) is 76.4 cm³/mol. The van der Waals surface area contributed by atoms with Crippen LogP contribution in [0.25, 0.3) is 0 Å². The summed E-state index contributed by atoms with van der Waals surface area (Å²) in [6.07, 6.45) is 5.06. The van der Waals surface area contributed by atoms with Gasteiger partial charge in [-0.05, 0) is 31.7 Å². The fourth-order valence-corrected chi connectivity index (χ4v) is 2.21. The van der Waals surface area contributed by atoms with Crippen molar-refractivity contribution in [1.82, 2.24) is 10.3 Å². The fraction of sp³-hybridized carbons (Fsp3) is 0.538. The number of halogens is 1. The number of hydrogen-bond acceptors (Lipinski definition) is 4. The Morgan fingerprint density at radius 3 is 2.84 bits per heavy atom. The van der Waals surface area contributed by atoms with E-state index in [4.69, 9.17) is 10.5 Å². The van der Waals surface area contributed by atoms with Gasteiger partial charge in [0.15, 0.2) is 0 Å². The van der Waals surface area contributed by atoms with Crippen LogP contribution in [0.15, 0.2) is 18.5 Å². The average molecular weight is 286 g/mol. The number of aromatic nitrogens is 1. The minimum atomic E-state index is -0.153. The number of nitrogen functional groups attached to an aromatic ring is 1. The normalized spacial score (nSPS) is 17.3. The van der Waals surface area contributed by atoms with Crippen molar-refractivity contribution in [3.63, 3.8) is 0 Å². The molecule has 2 heterocycles. The van der Waals surface area contributed by atoms with Crippen LogP contribution in [0.2, 0.25) is 0 Å². The van der Waals surface area contributed by atoms with Crippen LogP contribution in [0.3, 0.4) is 0 Å². The number of carbonyl (C=O) groups is 1. The van der Waals surface area contributed by atoms with E-state index in [9.17, 15) is 4.79 Å². The lowest BCUT2D eigenvalue weighted by Gasteiger charge is -2.28. The van der Waals surface area contributed by atoms with E-state index in [1.807, 2.05) is 6.92 Å². The molecule has 3 N–H and O–H groups in total. The highest BCUT2D eigenvalue weighted by molar-refractivity contribution is 5.98. The van der Waals surface area contributed by atoms with Crippen molar-refractivity contribution in [2.75, 3.05) is 18.9 Å². The number of ether oxygens (including phenoxy) is 1. The molecule has 1 atom stereocenters. The summed E-state index contributed by atoms with van der Waals surface area (Å²) in [7, 11) is 0. The molecule has 5 nitrogen and oxygen atoms in total. The van der Waals surface area contributed by atoms with E-state index < -0.39 is 0 Å². The van der Waals surface area contributed by atoms with Gasteiger partial charge in [0.25, 0.3) is 5.91 Å². The Morgan fingerprint density at radius 1 is 1.53 bits per heavy atom. The fourth-order valence-electron chi connectivity index (χ4n) is 2.21. The highest BCUT2D eigenvalue weighted by Gasteiger charge is 2.22. The quantitative estimate of drug-likeness (QED) is 0.885. The third-order valence-electron chi connectivity index (χ3n) is 3.43. The number of amides is 1. The molecule has 1 aromatic heterocycles. The second kappa shape index (κ2) is 7.31. The lowest BCUT2D eigenvalue weighted by atomic mass is 9.93. The van der Waals surface area contributed by atoms with E-state index >= 15 is 0 Å². The van der Waals surface area contributed by atoms with Crippen LogP contribution in [0.5, 0.6) is 0 Å². The highest BCUT2D eigenvalue weighted by Crippen LogP contribution is 2.19. The van der Waals surface area contributed by atoms with Crippen LogP contribution < -0.4 is 11.1 Å². The number of rotatable bonds is 3. The molecular weight excluding hydrogens is 266 g/mol. The summed E-state index contributed by atoms with van der Waals surface area (Å²) in [5, 5.41) is 2.99. The third kappa shape index (κ3) is 4.08. The average Bonchev–Trinajstić information content (AvgIpc) is 2.40. The van der Waals surface area contributed by atoms with Crippen LogP contribution in [0.4, 0.5) is 5.69 Å². The van der Waals surface area contributed by atoms with Crippen molar-refractivity contribution in [3.05, 3.63) is 24.0 Å². The van der Waals surface area contributed by atoms with Gasteiger partial charge < -0.3 is 15.8 Å². The van der Waals surface area contributed by atoms with Gasteiger partial charge in [0.2, 0.25) is 0 Å². The molecule has 0 aromatic carbocycles. The molecule has 1 unspecified atom stereocenters. The summed E-state index contributed by atoms with van der Waals surface area (Å²) in [5.74, 6) is 0.320. The molecule has 0 aliphatic carbocycles. The van der Waals surface area contributed by atoms with E-state index in [2.05, 4.69) is 10.3 Å². The minimum absolute atomic E-state index is 0. The maximum absolute atomic E-state index is 12.1. The zero-order valence-corrected chi connectivity index (χ0v) is 11.8. The lowest BCUT2D eigenvalue weighted by Crippen LogP contribution is -2.40. The summed E-state index contributed by atoms with van der Waals surface area (Å²) < 4.78 is 5.32. The number of pyridine rings is 1. The first kappa shape index (κ1) is 15.7. The van der Waals surface area contributed by atoms with Crippen molar-refractivity contribution in [2.24, 2.45) is 5.92 Å². The van der Waals surface area contributed by atoms with Crippen LogP contribution in [0, 0.1) is 5.92 Å². The zero-order chi connectivity index (χ0) is 13.0. The molecule has 0 spiro atoms. The van der Waals surface area contributed by atoms with Gasteiger partial charge in [0, 0.05) is 37.3 Å². The molecular formula is C13H20ClN3O2. The standard InChI is InChI=1S/C13H19N3O2.ClH/c1-9(10-3-6-18-7-4-10)16-13(17)11-8-15-5-2-12(11)14;/h2,5,8-10H,3-4,6-7H2,1H3,(H2,14,15)(H,16,17);1H. The number of nitrogens with zero attached hydrogens (tertiary/aromatic N) is 1. The van der Waals surface area contributed by atoms with Gasteiger partial charge in [0.05, 0.1) is 5.56 Å². The number of hydrogen-bond donors (Lipinski definition) is 2. The van der Waals surface area contributed by atoms with Gasteiger partial charge in [-0.15, -0.1) is 12.4 Å². The lowest BCUT2D eigenvalue weighted by molar-refractivity contribution is 0.0538. The number of anilines is 1. The number of nitrogens with two attached hydrogens (primary N) is 1. The van der Waals surface area contributed by atoms with E-state index in [-0.39, 0.29) is 24.4 Å². The van der Waals surface area contributed by atoms with E-state index in [0.717, 1.165) is 26.1 Å². The van der Waals surface area contributed by atoms with Crippen molar-refractivity contribution < 1.29 is 9.53 Å². The Hall–Kier alpha value is -1.33. The smallest absolute Gasteiger partial charge is 0.255 e. The second-order valence-electron chi connectivity index (χ2n) is 4.67. The molecule has 1 amide bonds. The molecule has 19 heavy (non-hydrogen) atoms. The Morgan fingerprint density at radius 2 is 2.21 bits per heavy atom. The summed E-state index contributed by atoms with van der Waals surface area (Å²) in [5.41, 5.74) is 6.66. The molecule has 106 valence electrons. The summed E-state index contributed by atoms with van der Waals surface area (Å²) >= 11 is 0. The SMILES string of the molecule is CC(NC(=O)c1cnccc1N)C1CCOCC1.Cl. The van der Waals surface area contributed by atoms with E-state index in [1.54, 1.807) is 12.3 Å². The van der Waals surface area contributed by atoms with Crippen molar-refractivity contribution in [3.8, 4) is 0 Å². The molecule has 1 aliphatic rings. The maximum Gasteiger partial charge on any atom is 0.255 e. The van der Waals surface area contributed by atoms with Gasteiger partial charge >= 0.3 is 0 Å². The molecule has 0 saturated carbocycles. The maximum atomic E-state index is 12.1. The van der Waals surface area contributed by atoms with E-state index in [0.29, 0.717) is 17.2 Å². The second-order valence-corrected chi connectivity index (χ2v) is 4.67. The number of carbonyl (C=O) groups excluding carboxylic acids is 1. The first-order valence-corrected chi connectivity index (χ1v) is 6.26. The molecule has 1 saturated heterocycles. The van der Waals surface area contributed by atoms with Gasteiger partial charge in [-0.1, -0.05) is 0 Å². The number of nitrogens with one attached hydrogen (secondary N) is 1. The Bertz CT molecular complexity index is 422. The highest BCUT2D eigenvalue weighted by atomic mass is 35.5. The zero-order valence-electron chi connectivity index (χ0n) is 11.0. The monoisotopic (exact) mass is 285 g/mol. The molecule has 1 aliphatic heterocycles. The van der Waals surface area contributed by atoms with Crippen molar-refractivity contribution in [2.45, 2.75) is 25.8 Å². The Labute approximate surface area is 119 Å². The van der Waals surface area contributed by atoms with Gasteiger partial charge in [-0.25, -0.2) is 0 Å². The molecule has 1 fully saturated rings. The van der Waals surface area contributed by atoms with Gasteiger partial charge in [0.1, 0.15) is 0 Å². The van der Waals surface area contributed by atoms with Crippen LogP contribution >= 0.6 is 12.4 Å². The summed E-state index contributed by atoms with van der Waals surface area (Å²) in [4.78, 5) is 16.0. The molecule has 0 bridgehead atoms. The first-order chi connectivity index (χ1) is 8.68. The first-order valence-electron chi connectivity index (χ1n) is 6.26. The van der Waals surface area contributed by atoms with Crippen molar-refractivity contribution >= 4 is 24.0 Å². The van der Waals surface area contributed by atoms with Gasteiger partial charge in [-0.3, -0.25) is 9.78 Å². The van der Waals surface area contributed by atoms with Gasteiger partial charge in [-0.2, -0.15) is 0 Å². The molecule has 0 radical (unpaired) electrons. The molecule has 2 rings (SSSR count). The Kier molecular flexibility index (Phi) is 6.05. The predicted octanol–water partition coefficient (Wildman–Crippen LogP) is 1.63.